The maximum absolute atomic E-state index is 4.97. The fourth-order valence-electron chi connectivity index (χ4n) is 8.50. The van der Waals surface area contributed by atoms with Crippen molar-refractivity contribution < 1.29 is 13.5 Å². The first-order chi connectivity index (χ1) is 33.8. The van der Waals surface area contributed by atoms with Crippen LogP contribution in [0.15, 0.2) is 218 Å². The molecule has 9 rings (SSSR count). The number of rotatable bonds is 9. The van der Waals surface area contributed by atoms with Gasteiger partial charge in [-0.25, -0.2) is 0 Å². The quantitative estimate of drug-likeness (QED) is 0.126. The first kappa shape index (κ1) is 55.1. The Morgan fingerprint density at radius 1 is 0.200 bits per heavy atom. The number of hydrogen-bond acceptors (Lipinski definition) is 0. The molecule has 0 radical (unpaired) electrons. The van der Waals surface area contributed by atoms with E-state index < -0.39 is 37.2 Å². The summed E-state index contributed by atoms with van der Waals surface area (Å²) in [6.45, 7) is 20.0. The second-order valence-electron chi connectivity index (χ2n) is 17.2. The van der Waals surface area contributed by atoms with Gasteiger partial charge in [-0.3, -0.25) is 0 Å². The Kier molecular flexibility index (Phi) is 21.7. The Morgan fingerprint density at radius 2 is 0.286 bits per heavy atom. The van der Waals surface area contributed by atoms with Gasteiger partial charge in [0, 0.05) is 0 Å². The van der Waals surface area contributed by atoms with E-state index in [9.17, 15) is 0 Å². The van der Waals surface area contributed by atoms with Gasteiger partial charge < -0.3 is 0 Å². The van der Waals surface area contributed by atoms with Crippen LogP contribution < -0.4 is 47.7 Å². The van der Waals surface area contributed by atoms with Gasteiger partial charge in [0.2, 0.25) is 0 Å². The van der Waals surface area contributed by atoms with Crippen LogP contribution in [-0.2, 0) is 13.5 Å². The van der Waals surface area contributed by atoms with Crippen LogP contribution in [-0.4, -0.2) is 0 Å². The molecule has 0 aliphatic rings. The molecular formula is C63H63Cl3IrP3. The Morgan fingerprint density at radius 3 is 0.371 bits per heavy atom. The van der Waals surface area contributed by atoms with Crippen molar-refractivity contribution in [3.63, 3.8) is 0 Å². The van der Waals surface area contributed by atoms with Crippen LogP contribution in [0.5, 0.6) is 0 Å². The second kappa shape index (κ2) is 27.6. The van der Waals surface area contributed by atoms with Crippen LogP contribution in [0.3, 0.4) is 0 Å². The van der Waals surface area contributed by atoms with Crippen LogP contribution in [0.4, 0.5) is 0 Å². The summed E-state index contributed by atoms with van der Waals surface area (Å²) in [5.41, 5.74) is 12.4. The van der Waals surface area contributed by atoms with Gasteiger partial charge in [0.25, 0.3) is 0 Å². The topological polar surface area (TPSA) is 0 Å². The summed E-state index contributed by atoms with van der Waals surface area (Å²) in [6.07, 6.45) is 0. The molecule has 0 spiro atoms. The van der Waals surface area contributed by atoms with Crippen molar-refractivity contribution >= 4 is 100 Å². The molecule has 0 bridgehead atoms. The molecule has 0 saturated carbocycles. The molecule has 0 aromatic heterocycles. The average molecular weight is 1210 g/mol. The van der Waals surface area contributed by atoms with Gasteiger partial charge in [-0.2, -0.15) is 0 Å². The number of aryl methyl sites for hydroxylation is 9. The van der Waals surface area contributed by atoms with E-state index >= 15 is 0 Å². The molecule has 0 N–H and O–H groups in total. The van der Waals surface area contributed by atoms with Crippen molar-refractivity contribution in [2.24, 2.45) is 0 Å². The molecule has 0 unspecified atom stereocenters. The summed E-state index contributed by atoms with van der Waals surface area (Å²) in [4.78, 5) is 0. The van der Waals surface area contributed by atoms with Crippen LogP contribution in [0.2, 0.25) is 0 Å². The van der Waals surface area contributed by atoms with Gasteiger partial charge in [0.15, 0.2) is 0 Å². The molecule has 0 nitrogen and oxygen atoms in total. The predicted octanol–water partition coefficient (Wildman–Crippen LogP) is 15.2. The standard InChI is InChI=1S/3C21H21P.3ClH.Ir/c3*1-16-10-4-7-13-19(16)22(20-14-8-5-11-17(20)2)21-15-9-6-12-18(21)3;;;;/h3*4-15H,1-3H3;3*1H;/q;;;;;;+3/p-3. The summed E-state index contributed by atoms with van der Waals surface area (Å²) in [6, 6.07) is 79.2. The van der Waals surface area contributed by atoms with E-state index in [4.69, 9.17) is 28.8 Å². The Balaban J connectivity index is 0.000000166. The van der Waals surface area contributed by atoms with Gasteiger partial charge in [0.1, 0.15) is 0 Å². The van der Waals surface area contributed by atoms with Gasteiger partial charge in [-0.1, -0.05) is 218 Å². The van der Waals surface area contributed by atoms with E-state index in [-0.39, 0.29) is 0 Å². The van der Waals surface area contributed by atoms with Crippen molar-refractivity contribution in [1.29, 1.82) is 0 Å². The molecule has 360 valence electrons. The van der Waals surface area contributed by atoms with Gasteiger partial charge in [-0.15, -0.1) is 0 Å². The van der Waals surface area contributed by atoms with E-state index in [1.54, 1.807) is 0 Å². The summed E-state index contributed by atoms with van der Waals surface area (Å²) >= 11 is -1.92. The van der Waals surface area contributed by atoms with E-state index in [1.807, 2.05) is 0 Å². The molecule has 9 aromatic rings. The average Bonchev–Trinajstić information content (AvgIpc) is 3.35. The molecule has 70 heavy (non-hydrogen) atoms. The minimum atomic E-state index is -1.92. The predicted molar refractivity (Wildman–Crippen MR) is 316 cm³/mol. The normalized spacial score (nSPS) is 10.9. The summed E-state index contributed by atoms with van der Waals surface area (Å²) in [7, 11) is 13.4. The number of hydrogen-bond donors (Lipinski definition) is 0. The zero-order valence-electron chi connectivity index (χ0n) is 41.6. The van der Waals surface area contributed by atoms with Crippen molar-refractivity contribution in [1.82, 2.24) is 0 Å². The maximum atomic E-state index is 4.97. The zero-order chi connectivity index (χ0) is 50.2. The van der Waals surface area contributed by atoms with Crippen molar-refractivity contribution in [3.8, 4) is 0 Å². The summed E-state index contributed by atoms with van der Waals surface area (Å²) in [5.74, 6) is 0. The summed E-state index contributed by atoms with van der Waals surface area (Å²) in [5, 5.41) is 13.1. The summed E-state index contributed by atoms with van der Waals surface area (Å²) < 4.78 is 0. The zero-order valence-corrected chi connectivity index (χ0v) is 48.9. The monoisotopic (exact) mass is 1210 g/mol. The van der Waals surface area contributed by atoms with Crippen LogP contribution in [0, 0.1) is 62.3 Å². The van der Waals surface area contributed by atoms with Gasteiger partial charge in [-0.05, 0) is 184 Å². The number of halogens is 3. The molecule has 7 heteroatoms. The second-order valence-corrected chi connectivity index (χ2v) is 34.0. The van der Waals surface area contributed by atoms with Crippen LogP contribution in [0.25, 0.3) is 0 Å². The van der Waals surface area contributed by atoms with Crippen molar-refractivity contribution in [2.45, 2.75) is 62.3 Å². The molecule has 0 amide bonds. The van der Waals surface area contributed by atoms with Crippen LogP contribution in [0.1, 0.15) is 50.1 Å². The van der Waals surface area contributed by atoms with E-state index in [1.165, 1.54) is 97.8 Å². The first-order valence-corrected chi connectivity index (χ1v) is 36.3. The molecule has 0 aliphatic heterocycles. The third-order valence-corrected chi connectivity index (χ3v) is 21.1. The third kappa shape index (κ3) is 14.7. The number of benzene rings is 9. The molecule has 0 fully saturated rings. The Bertz CT molecular complexity index is 2440. The van der Waals surface area contributed by atoms with Crippen molar-refractivity contribution in [2.75, 3.05) is 0 Å². The van der Waals surface area contributed by atoms with E-state index in [0.29, 0.717) is 0 Å². The van der Waals surface area contributed by atoms with Crippen molar-refractivity contribution in [3.05, 3.63) is 268 Å². The SMILES string of the molecule is Cc1ccccc1P(c1ccccc1C)c1ccccc1C.Cc1ccccc1P(c1ccccc1C)c1ccccc1C.Cc1ccccc1P(c1ccccc1C)c1ccccc1C.[Cl][Ir]([Cl])[Cl]. The minimum absolute atomic E-state index is 0.508. The molecule has 0 saturated heterocycles. The van der Waals surface area contributed by atoms with Crippen LogP contribution >= 0.6 is 52.5 Å². The van der Waals surface area contributed by atoms with Gasteiger partial charge >= 0.3 is 42.2 Å². The first-order valence-electron chi connectivity index (χ1n) is 23.3. The fraction of sp³-hybridized carbons (Fsp3) is 0.143. The third-order valence-electron chi connectivity index (χ3n) is 12.2. The molecule has 0 heterocycles. The fourth-order valence-corrected chi connectivity index (χ4v) is 16.8. The molecular weight excluding hydrogens is 1150 g/mol. The van der Waals surface area contributed by atoms with Gasteiger partial charge in [0.05, 0.1) is 0 Å². The van der Waals surface area contributed by atoms with E-state index in [2.05, 4.69) is 281 Å². The Labute approximate surface area is 441 Å². The van der Waals surface area contributed by atoms with E-state index in [0.717, 1.165) is 0 Å². The molecule has 0 atom stereocenters. The molecule has 9 aromatic carbocycles. The molecule has 0 aliphatic carbocycles. The Hall–Kier alpha value is -4.21.